The number of hydrogen-bond acceptors (Lipinski definition) is 6. The number of fused-ring (bicyclic) bond motifs is 1. The largest absolute Gasteiger partial charge is 0.491 e. The molecule has 5 rings (SSSR count). The van der Waals surface area contributed by atoms with Crippen LogP contribution in [0.1, 0.15) is 79.7 Å². The molecule has 7 atom stereocenters. The van der Waals surface area contributed by atoms with Gasteiger partial charge in [-0.1, -0.05) is 44.0 Å². The van der Waals surface area contributed by atoms with Crippen molar-refractivity contribution in [3.63, 3.8) is 0 Å². The normalized spacial score (nSPS) is 22.6. The summed E-state index contributed by atoms with van der Waals surface area (Å²) in [5, 5.41) is 0.761. The minimum Gasteiger partial charge on any atom is -0.491 e. The van der Waals surface area contributed by atoms with Gasteiger partial charge in [0.2, 0.25) is 0 Å². The number of nitrogens with zero attached hydrogens (tertiary/aromatic N) is 3. The molecule has 1 aromatic heterocycles. The quantitative estimate of drug-likeness (QED) is 0.133. The third-order valence-corrected chi connectivity index (χ3v) is 12.3. The van der Waals surface area contributed by atoms with Crippen LogP contribution in [-0.2, 0) is 34.8 Å². The minimum atomic E-state index is -1.09. The Hall–Kier alpha value is -2.98. The summed E-state index contributed by atoms with van der Waals surface area (Å²) >= 11 is 6.45. The van der Waals surface area contributed by atoms with Crippen molar-refractivity contribution in [3.05, 3.63) is 88.5 Å². The van der Waals surface area contributed by atoms with Crippen LogP contribution in [0.5, 0.6) is 5.75 Å². The Morgan fingerprint density at radius 2 is 2.04 bits per heavy atom. The lowest BCUT2D eigenvalue weighted by molar-refractivity contribution is -0.0873. The Morgan fingerprint density at radius 3 is 2.69 bits per heavy atom. The van der Waals surface area contributed by atoms with Gasteiger partial charge in [-0.05, 0) is 99.0 Å². The second-order valence-electron chi connectivity index (χ2n) is 13.5. The number of allylic oxidation sites excluding steroid dienone is 1. The van der Waals surface area contributed by atoms with Gasteiger partial charge >= 0.3 is 0 Å². The van der Waals surface area contributed by atoms with E-state index < -0.39 is 16.6 Å². The van der Waals surface area contributed by atoms with Crippen molar-refractivity contribution in [1.29, 1.82) is 0 Å². The maximum absolute atomic E-state index is 12.4. The summed E-state index contributed by atoms with van der Waals surface area (Å²) in [5.74, 6) is 2.49. The molecule has 0 radical (unpaired) electrons. The standard InChI is InChI=1S/C38H51ClN4O4S/c1-7-9-29-21-32(39)13-14-33(29)31-23-43(35-20-28(24-44)11-16-36(35)47-25-31)22-30-12-15-34(30)38(46-6,37-41-18-19-42(37)5)17-8-10-26(2)27(3)48(45)40-4/h8,11,13-14,16-21,24,26-27,30-31,34,40H,7,9-10,12,15,22-23,25H2,1-6H3/b17-8+/t26?,27?,30?,31?,34?,38-,48?/m0/s1. The molecule has 1 saturated carbocycles. The Labute approximate surface area is 293 Å². The fourth-order valence-electron chi connectivity index (χ4n) is 7.50. The summed E-state index contributed by atoms with van der Waals surface area (Å²) in [4.78, 5) is 19.2. The SMILES string of the molecule is CCCc1cc(Cl)ccc1C1COc2ccc(C=O)cc2N(CC2CCC2[C@](/C=C/CC(C)C(C)S(=O)NC)(OC)c2nccn2C)C1. The topological polar surface area (TPSA) is 85.7 Å². The van der Waals surface area contributed by atoms with E-state index in [1.807, 2.05) is 50.6 Å². The van der Waals surface area contributed by atoms with E-state index in [1.54, 1.807) is 14.2 Å². The van der Waals surface area contributed by atoms with E-state index in [2.05, 4.69) is 52.3 Å². The molecule has 10 heteroatoms. The molecule has 0 bridgehead atoms. The molecule has 0 spiro atoms. The monoisotopic (exact) mass is 694 g/mol. The first kappa shape index (κ1) is 36.3. The highest BCUT2D eigenvalue weighted by Gasteiger charge is 2.50. The average molecular weight is 695 g/mol. The van der Waals surface area contributed by atoms with Gasteiger partial charge in [0.1, 0.15) is 23.5 Å². The third-order valence-electron chi connectivity index (χ3n) is 10.5. The van der Waals surface area contributed by atoms with Crippen molar-refractivity contribution in [2.24, 2.45) is 24.8 Å². The van der Waals surface area contributed by atoms with Crippen molar-refractivity contribution in [2.75, 3.05) is 38.8 Å². The van der Waals surface area contributed by atoms with Crippen LogP contribution < -0.4 is 14.4 Å². The Bertz CT molecular complexity index is 1610. The van der Waals surface area contributed by atoms with Crippen molar-refractivity contribution in [1.82, 2.24) is 14.3 Å². The molecule has 1 aliphatic heterocycles. The molecular formula is C38H51ClN4O4S. The number of nitrogens with one attached hydrogen (secondary N) is 1. The molecule has 1 aliphatic carbocycles. The molecule has 2 aliphatic rings. The molecule has 2 aromatic carbocycles. The maximum atomic E-state index is 12.4. The van der Waals surface area contributed by atoms with Crippen molar-refractivity contribution in [3.8, 4) is 5.75 Å². The van der Waals surface area contributed by atoms with E-state index in [-0.39, 0.29) is 23.0 Å². The van der Waals surface area contributed by atoms with E-state index in [9.17, 15) is 9.00 Å². The molecule has 0 saturated heterocycles. The van der Waals surface area contributed by atoms with Gasteiger partial charge in [0.15, 0.2) is 0 Å². The molecular weight excluding hydrogens is 644 g/mol. The van der Waals surface area contributed by atoms with Gasteiger partial charge in [0.25, 0.3) is 0 Å². The lowest BCUT2D eigenvalue weighted by Gasteiger charge is -2.49. The van der Waals surface area contributed by atoms with Crippen LogP contribution in [0, 0.1) is 17.8 Å². The van der Waals surface area contributed by atoms with Gasteiger partial charge in [0, 0.05) is 67.3 Å². The number of halogens is 1. The van der Waals surface area contributed by atoms with Gasteiger partial charge < -0.3 is 18.9 Å². The smallest absolute Gasteiger partial charge is 0.150 e. The van der Waals surface area contributed by atoms with E-state index >= 15 is 0 Å². The summed E-state index contributed by atoms with van der Waals surface area (Å²) in [6.07, 6.45) is 13.9. The summed E-state index contributed by atoms with van der Waals surface area (Å²) in [5.41, 5.74) is 3.39. The van der Waals surface area contributed by atoms with Crippen LogP contribution in [0.3, 0.4) is 0 Å². The van der Waals surface area contributed by atoms with Crippen LogP contribution in [0.25, 0.3) is 0 Å². The Kier molecular flexibility index (Phi) is 12.2. The average Bonchev–Trinajstić information content (AvgIpc) is 3.44. The summed E-state index contributed by atoms with van der Waals surface area (Å²) in [6.45, 7) is 8.44. The van der Waals surface area contributed by atoms with Crippen molar-refractivity contribution >= 4 is 34.6 Å². The minimum absolute atomic E-state index is 0.00853. The molecule has 3 aromatic rings. The number of rotatable bonds is 15. The number of anilines is 1. The molecule has 260 valence electrons. The zero-order chi connectivity index (χ0) is 34.4. The number of hydrogen-bond donors (Lipinski definition) is 1. The van der Waals surface area contributed by atoms with Crippen LogP contribution >= 0.6 is 11.6 Å². The number of aromatic nitrogens is 2. The first-order valence-electron chi connectivity index (χ1n) is 17.2. The Balaban J connectivity index is 1.48. The van der Waals surface area contributed by atoms with Crippen LogP contribution in [0.4, 0.5) is 5.69 Å². The number of aldehydes is 1. The van der Waals surface area contributed by atoms with E-state index in [4.69, 9.17) is 26.1 Å². The highest BCUT2D eigenvalue weighted by molar-refractivity contribution is 7.83. The number of imidazole rings is 1. The predicted octanol–water partition coefficient (Wildman–Crippen LogP) is 7.24. The zero-order valence-corrected chi connectivity index (χ0v) is 30.7. The molecule has 1 N–H and O–H groups in total. The van der Waals surface area contributed by atoms with Gasteiger partial charge in [0.05, 0.1) is 23.3 Å². The summed E-state index contributed by atoms with van der Waals surface area (Å²) < 4.78 is 30.4. The second kappa shape index (κ2) is 16.2. The fourth-order valence-corrected chi connectivity index (χ4v) is 8.60. The number of carbonyl (C=O) groups excluding carboxylic acids is 1. The molecule has 1 fully saturated rings. The van der Waals surface area contributed by atoms with E-state index in [1.165, 1.54) is 11.1 Å². The number of ether oxygens (including phenoxy) is 2. The van der Waals surface area contributed by atoms with Gasteiger partial charge in [-0.2, -0.15) is 0 Å². The molecule has 2 heterocycles. The highest BCUT2D eigenvalue weighted by Crippen LogP contribution is 2.50. The van der Waals surface area contributed by atoms with Gasteiger partial charge in [-0.3, -0.25) is 4.79 Å². The summed E-state index contributed by atoms with van der Waals surface area (Å²) in [6, 6.07) is 12.0. The van der Waals surface area contributed by atoms with Crippen LogP contribution in [0.15, 0.2) is 60.9 Å². The first-order chi connectivity index (χ1) is 23.1. The summed E-state index contributed by atoms with van der Waals surface area (Å²) in [7, 11) is 4.45. The number of carbonyl (C=O) groups is 1. The third kappa shape index (κ3) is 7.59. The maximum Gasteiger partial charge on any atom is 0.150 e. The lowest BCUT2D eigenvalue weighted by atomic mass is 9.63. The molecule has 0 amide bonds. The molecule has 48 heavy (non-hydrogen) atoms. The van der Waals surface area contributed by atoms with Crippen LogP contribution in [0.2, 0.25) is 5.02 Å². The predicted molar refractivity (Wildman–Crippen MR) is 195 cm³/mol. The Morgan fingerprint density at radius 1 is 1.23 bits per heavy atom. The fraction of sp³-hybridized carbons (Fsp3) is 0.526. The van der Waals surface area contributed by atoms with Crippen molar-refractivity contribution < 1.29 is 18.5 Å². The number of benzene rings is 2. The van der Waals surface area contributed by atoms with Gasteiger partial charge in [-0.15, -0.1) is 0 Å². The first-order valence-corrected chi connectivity index (χ1v) is 18.8. The van der Waals surface area contributed by atoms with Gasteiger partial charge in [-0.25, -0.2) is 13.9 Å². The van der Waals surface area contributed by atoms with E-state index in [0.29, 0.717) is 18.1 Å². The lowest BCUT2D eigenvalue weighted by Crippen LogP contribution is -2.50. The highest BCUT2D eigenvalue weighted by atomic mass is 35.5. The molecule has 6 unspecified atom stereocenters. The number of methoxy groups -OCH3 is 1. The van der Waals surface area contributed by atoms with Crippen molar-refractivity contribution in [2.45, 2.75) is 69.6 Å². The van der Waals surface area contributed by atoms with Crippen LogP contribution in [-0.4, -0.2) is 59.1 Å². The van der Waals surface area contributed by atoms with E-state index in [0.717, 1.165) is 73.8 Å². The number of aryl methyl sites for hydroxylation is 2. The second-order valence-corrected chi connectivity index (χ2v) is 15.7. The zero-order valence-electron chi connectivity index (χ0n) is 29.2. The molecule has 8 nitrogen and oxygen atoms in total.